The van der Waals surface area contributed by atoms with Gasteiger partial charge in [0.1, 0.15) is 24.7 Å². The molecule has 0 radical (unpaired) electrons. The molecule has 206 valence electrons. The average Bonchev–Trinajstić information content (AvgIpc) is 3.50. The molecule has 2 amide bonds. The van der Waals surface area contributed by atoms with Crippen LogP contribution in [0.15, 0.2) is 89.8 Å². The van der Waals surface area contributed by atoms with Crippen LogP contribution in [0.2, 0.25) is 0 Å². The second-order valence-electron chi connectivity index (χ2n) is 9.45. The van der Waals surface area contributed by atoms with Crippen molar-refractivity contribution >= 4 is 23.5 Å². The van der Waals surface area contributed by atoms with E-state index in [1.165, 1.54) is 13.5 Å². The van der Waals surface area contributed by atoms with Crippen LogP contribution in [-0.2, 0) is 20.9 Å². The van der Waals surface area contributed by atoms with Crippen LogP contribution in [-0.4, -0.2) is 42.0 Å². The molecule has 0 fully saturated rings. The van der Waals surface area contributed by atoms with Crippen molar-refractivity contribution in [3.05, 3.63) is 96.5 Å². The number of rotatable bonds is 10. The van der Waals surface area contributed by atoms with Crippen molar-refractivity contribution < 1.29 is 33.0 Å². The van der Waals surface area contributed by atoms with Crippen molar-refractivity contribution in [3.8, 4) is 22.8 Å². The third-order valence-corrected chi connectivity index (χ3v) is 5.72. The summed E-state index contributed by atoms with van der Waals surface area (Å²) < 4.78 is 21.8. The summed E-state index contributed by atoms with van der Waals surface area (Å²) in [6.07, 6.45) is 2.85. The monoisotopic (exact) mass is 543 g/mol. The van der Waals surface area contributed by atoms with Gasteiger partial charge in [0.05, 0.1) is 30.0 Å². The van der Waals surface area contributed by atoms with E-state index in [0.29, 0.717) is 34.1 Å². The standard InChI is InChI=1S/C30H29N3O7/c1-30(2,18-39-23-12-9-21(10-13-23)29(36)38-17-20-7-5-4-6-8-20)33-28(35)27(34)32-22-11-14-24(25(15-22)37-3)26-16-31-19-40-26/h4-16,19H,17-18H2,1-3H3,(H,32,34)(H,33,35). The molecule has 0 saturated carbocycles. The Morgan fingerprint density at radius 1 is 0.950 bits per heavy atom. The Labute approximate surface area is 231 Å². The van der Waals surface area contributed by atoms with E-state index in [2.05, 4.69) is 15.6 Å². The van der Waals surface area contributed by atoms with Gasteiger partial charge < -0.3 is 29.3 Å². The first kappa shape index (κ1) is 27.9. The molecule has 0 atom stereocenters. The summed E-state index contributed by atoms with van der Waals surface area (Å²) in [5.74, 6) is -0.681. The first-order valence-electron chi connectivity index (χ1n) is 12.4. The highest BCUT2D eigenvalue weighted by Gasteiger charge is 2.26. The molecule has 0 unspecified atom stereocenters. The van der Waals surface area contributed by atoms with Gasteiger partial charge in [-0.3, -0.25) is 9.59 Å². The highest BCUT2D eigenvalue weighted by Crippen LogP contribution is 2.32. The van der Waals surface area contributed by atoms with E-state index in [9.17, 15) is 14.4 Å². The lowest BCUT2D eigenvalue weighted by molar-refractivity contribution is -0.137. The fourth-order valence-corrected chi connectivity index (χ4v) is 3.67. The second kappa shape index (κ2) is 12.6. The number of aromatic nitrogens is 1. The van der Waals surface area contributed by atoms with Crippen LogP contribution in [0.1, 0.15) is 29.8 Å². The first-order valence-corrected chi connectivity index (χ1v) is 12.4. The Kier molecular flexibility index (Phi) is 8.80. The van der Waals surface area contributed by atoms with Crippen LogP contribution in [0.3, 0.4) is 0 Å². The number of esters is 1. The number of hydrogen-bond donors (Lipinski definition) is 2. The summed E-state index contributed by atoms with van der Waals surface area (Å²) in [5.41, 5.74) is 1.43. The van der Waals surface area contributed by atoms with E-state index in [4.69, 9.17) is 18.6 Å². The highest BCUT2D eigenvalue weighted by molar-refractivity contribution is 6.39. The maximum absolute atomic E-state index is 12.6. The van der Waals surface area contributed by atoms with E-state index in [1.54, 1.807) is 62.5 Å². The summed E-state index contributed by atoms with van der Waals surface area (Å²) in [4.78, 5) is 41.3. The first-order chi connectivity index (χ1) is 19.2. The van der Waals surface area contributed by atoms with E-state index < -0.39 is 23.3 Å². The Morgan fingerprint density at radius 3 is 2.38 bits per heavy atom. The van der Waals surface area contributed by atoms with Crippen molar-refractivity contribution in [1.82, 2.24) is 10.3 Å². The molecule has 4 rings (SSSR count). The van der Waals surface area contributed by atoms with Crippen molar-refractivity contribution in [3.63, 3.8) is 0 Å². The normalized spacial score (nSPS) is 10.9. The lowest BCUT2D eigenvalue weighted by Crippen LogP contribution is -2.51. The molecule has 1 aromatic heterocycles. The molecule has 10 heteroatoms. The molecule has 0 aliphatic carbocycles. The van der Waals surface area contributed by atoms with Gasteiger partial charge in [-0.1, -0.05) is 30.3 Å². The molecular weight excluding hydrogens is 514 g/mol. The summed E-state index contributed by atoms with van der Waals surface area (Å²) in [6, 6.07) is 20.8. The number of anilines is 1. The lowest BCUT2D eigenvalue weighted by atomic mass is 10.1. The van der Waals surface area contributed by atoms with E-state index >= 15 is 0 Å². The summed E-state index contributed by atoms with van der Waals surface area (Å²) in [6.45, 7) is 3.70. The molecule has 2 N–H and O–H groups in total. The molecule has 1 heterocycles. The van der Waals surface area contributed by atoms with E-state index in [-0.39, 0.29) is 13.2 Å². The van der Waals surface area contributed by atoms with Gasteiger partial charge in [0.2, 0.25) is 0 Å². The van der Waals surface area contributed by atoms with Gasteiger partial charge in [0.25, 0.3) is 0 Å². The molecule has 0 bridgehead atoms. The SMILES string of the molecule is COc1cc(NC(=O)C(=O)NC(C)(C)COc2ccc(C(=O)OCc3ccccc3)cc2)ccc1-c1cnco1. The van der Waals surface area contributed by atoms with Gasteiger partial charge in [-0.25, -0.2) is 9.78 Å². The third kappa shape index (κ3) is 7.47. The van der Waals surface area contributed by atoms with Crippen LogP contribution in [0.4, 0.5) is 5.69 Å². The number of ether oxygens (including phenoxy) is 3. The third-order valence-electron chi connectivity index (χ3n) is 5.72. The fourth-order valence-electron chi connectivity index (χ4n) is 3.67. The summed E-state index contributed by atoms with van der Waals surface area (Å²) >= 11 is 0. The van der Waals surface area contributed by atoms with Crippen LogP contribution < -0.4 is 20.1 Å². The summed E-state index contributed by atoms with van der Waals surface area (Å²) in [7, 11) is 1.49. The number of nitrogens with one attached hydrogen (secondary N) is 2. The number of hydrogen-bond acceptors (Lipinski definition) is 8. The van der Waals surface area contributed by atoms with Gasteiger partial charge in [-0.05, 0) is 55.8 Å². The number of methoxy groups -OCH3 is 1. The van der Waals surface area contributed by atoms with Gasteiger partial charge in [-0.2, -0.15) is 0 Å². The molecule has 4 aromatic rings. The van der Waals surface area contributed by atoms with Crippen LogP contribution in [0.5, 0.6) is 11.5 Å². The number of nitrogens with zero attached hydrogens (tertiary/aromatic N) is 1. The van der Waals surface area contributed by atoms with Crippen molar-refractivity contribution in [2.75, 3.05) is 19.0 Å². The topological polar surface area (TPSA) is 129 Å². The molecule has 0 aliphatic rings. The molecule has 3 aromatic carbocycles. The van der Waals surface area contributed by atoms with Crippen molar-refractivity contribution in [2.45, 2.75) is 26.0 Å². The number of oxazole rings is 1. The predicted molar refractivity (Wildman–Crippen MR) is 147 cm³/mol. The van der Waals surface area contributed by atoms with Gasteiger partial charge in [0.15, 0.2) is 12.2 Å². The Morgan fingerprint density at radius 2 is 1.70 bits per heavy atom. The minimum atomic E-state index is -0.879. The van der Waals surface area contributed by atoms with Crippen LogP contribution >= 0.6 is 0 Å². The Hall–Kier alpha value is -5.12. The number of benzene rings is 3. The van der Waals surface area contributed by atoms with E-state index in [1.807, 2.05) is 30.3 Å². The Balaban J connectivity index is 1.26. The maximum Gasteiger partial charge on any atom is 0.338 e. The van der Waals surface area contributed by atoms with Crippen molar-refractivity contribution in [2.24, 2.45) is 0 Å². The number of amides is 2. The van der Waals surface area contributed by atoms with Crippen molar-refractivity contribution in [1.29, 1.82) is 0 Å². The molecule has 0 aliphatic heterocycles. The quantitative estimate of drug-likeness (QED) is 0.219. The largest absolute Gasteiger partial charge is 0.496 e. The molecule has 0 spiro atoms. The highest BCUT2D eigenvalue weighted by atomic mass is 16.5. The zero-order valence-electron chi connectivity index (χ0n) is 22.3. The second-order valence-corrected chi connectivity index (χ2v) is 9.45. The number of carbonyl (C=O) groups is 3. The molecular formula is C30H29N3O7. The molecule has 10 nitrogen and oxygen atoms in total. The predicted octanol–water partition coefficient (Wildman–Crippen LogP) is 4.62. The van der Waals surface area contributed by atoms with Crippen LogP contribution in [0.25, 0.3) is 11.3 Å². The fraction of sp³-hybridized carbons (Fsp3) is 0.200. The smallest absolute Gasteiger partial charge is 0.338 e. The van der Waals surface area contributed by atoms with Gasteiger partial charge in [0, 0.05) is 11.8 Å². The maximum atomic E-state index is 12.6. The van der Waals surface area contributed by atoms with Gasteiger partial charge in [-0.15, -0.1) is 0 Å². The molecule has 40 heavy (non-hydrogen) atoms. The molecule has 0 saturated heterocycles. The minimum Gasteiger partial charge on any atom is -0.496 e. The minimum absolute atomic E-state index is 0.0729. The zero-order chi connectivity index (χ0) is 28.5. The number of carbonyl (C=O) groups excluding carboxylic acids is 3. The Bertz CT molecular complexity index is 1450. The lowest BCUT2D eigenvalue weighted by Gasteiger charge is -2.26. The zero-order valence-corrected chi connectivity index (χ0v) is 22.3. The van der Waals surface area contributed by atoms with E-state index in [0.717, 1.165) is 5.56 Å². The summed E-state index contributed by atoms with van der Waals surface area (Å²) in [5, 5.41) is 5.23. The average molecular weight is 544 g/mol. The van der Waals surface area contributed by atoms with Gasteiger partial charge >= 0.3 is 17.8 Å². The van der Waals surface area contributed by atoms with Crippen LogP contribution in [0, 0.1) is 0 Å².